The van der Waals surface area contributed by atoms with Gasteiger partial charge in [0.05, 0.1) is 17.5 Å². The van der Waals surface area contributed by atoms with Crippen LogP contribution in [-0.2, 0) is 11.3 Å². The van der Waals surface area contributed by atoms with E-state index in [9.17, 15) is 9.59 Å². The van der Waals surface area contributed by atoms with Gasteiger partial charge in [0.2, 0.25) is 5.78 Å². The second-order valence-electron chi connectivity index (χ2n) is 7.47. The summed E-state index contributed by atoms with van der Waals surface area (Å²) in [6, 6.07) is 14.0. The minimum Gasteiger partial charge on any atom is -0.482 e. The van der Waals surface area contributed by atoms with E-state index in [1.807, 2.05) is 32.1 Å². The molecule has 1 aliphatic rings. The minimum atomic E-state index is -0.319. The van der Waals surface area contributed by atoms with Crippen LogP contribution < -0.4 is 0 Å². The SMILES string of the molecule is CC(C)/C=C/C1=C(OCc2cn(-c3cccc(Cl)c3)nn2)C(=O)c2ccccc2C1=O. The van der Waals surface area contributed by atoms with Crippen molar-refractivity contribution >= 4 is 23.2 Å². The summed E-state index contributed by atoms with van der Waals surface area (Å²) >= 11 is 6.03. The third-order valence-corrected chi connectivity index (χ3v) is 4.97. The fraction of sp³-hybridized carbons (Fsp3) is 0.167. The van der Waals surface area contributed by atoms with Gasteiger partial charge in [0.25, 0.3) is 0 Å². The Bertz CT molecular complexity index is 1220. The van der Waals surface area contributed by atoms with Crippen LogP contribution in [0.3, 0.4) is 0 Å². The summed E-state index contributed by atoms with van der Waals surface area (Å²) in [7, 11) is 0. The van der Waals surface area contributed by atoms with Crippen LogP contribution in [0, 0.1) is 5.92 Å². The van der Waals surface area contributed by atoms with Gasteiger partial charge in [-0.25, -0.2) is 4.68 Å². The predicted octanol–water partition coefficient (Wildman–Crippen LogP) is 4.98. The molecule has 2 aromatic carbocycles. The van der Waals surface area contributed by atoms with Crippen molar-refractivity contribution in [3.63, 3.8) is 0 Å². The maximum absolute atomic E-state index is 13.1. The Hall–Kier alpha value is -3.51. The molecule has 3 aromatic rings. The van der Waals surface area contributed by atoms with Gasteiger partial charge >= 0.3 is 0 Å². The van der Waals surface area contributed by atoms with E-state index in [1.54, 1.807) is 53.4 Å². The number of halogens is 1. The van der Waals surface area contributed by atoms with Gasteiger partial charge in [-0.15, -0.1) is 5.10 Å². The highest BCUT2D eigenvalue weighted by atomic mass is 35.5. The van der Waals surface area contributed by atoms with Gasteiger partial charge in [0.15, 0.2) is 11.5 Å². The summed E-state index contributed by atoms with van der Waals surface area (Å²) in [4.78, 5) is 26.1. The van der Waals surface area contributed by atoms with Gasteiger partial charge in [0, 0.05) is 16.1 Å². The smallest absolute Gasteiger partial charge is 0.229 e. The standard InChI is InChI=1S/C24H20ClN3O3/c1-15(2)10-11-21-22(29)19-8-3-4-9-20(19)23(30)24(21)31-14-17-13-28(27-26-17)18-7-5-6-16(25)12-18/h3-13,15H,14H2,1-2H3/b11-10+. The lowest BCUT2D eigenvalue weighted by atomic mass is 9.87. The van der Waals surface area contributed by atoms with E-state index in [0.717, 1.165) is 5.69 Å². The summed E-state index contributed by atoms with van der Waals surface area (Å²) in [6.07, 6.45) is 5.23. The maximum atomic E-state index is 13.1. The molecule has 0 saturated carbocycles. The molecule has 0 spiro atoms. The molecule has 0 aliphatic heterocycles. The average Bonchev–Trinajstić information content (AvgIpc) is 3.23. The van der Waals surface area contributed by atoms with E-state index >= 15 is 0 Å². The fourth-order valence-electron chi connectivity index (χ4n) is 3.21. The van der Waals surface area contributed by atoms with Crippen molar-refractivity contribution in [3.8, 4) is 5.69 Å². The fourth-order valence-corrected chi connectivity index (χ4v) is 3.40. The van der Waals surface area contributed by atoms with Gasteiger partial charge < -0.3 is 4.74 Å². The molecule has 0 bridgehead atoms. The third-order valence-electron chi connectivity index (χ3n) is 4.74. The number of carbonyl (C=O) groups excluding carboxylic acids is 2. The molecule has 0 unspecified atom stereocenters. The Morgan fingerprint density at radius 2 is 1.81 bits per heavy atom. The van der Waals surface area contributed by atoms with Crippen molar-refractivity contribution < 1.29 is 14.3 Å². The van der Waals surface area contributed by atoms with Crippen LogP contribution in [0.5, 0.6) is 0 Å². The van der Waals surface area contributed by atoms with Crippen molar-refractivity contribution in [2.24, 2.45) is 5.92 Å². The summed E-state index contributed by atoms with van der Waals surface area (Å²) < 4.78 is 7.41. The summed E-state index contributed by atoms with van der Waals surface area (Å²) in [5.74, 6) is -0.310. The zero-order valence-electron chi connectivity index (χ0n) is 17.1. The van der Waals surface area contributed by atoms with Crippen LogP contribution in [0.4, 0.5) is 0 Å². The van der Waals surface area contributed by atoms with Gasteiger partial charge in [-0.1, -0.05) is 73.1 Å². The molecular weight excluding hydrogens is 414 g/mol. The Labute approximate surface area is 184 Å². The number of aromatic nitrogens is 3. The Morgan fingerprint density at radius 1 is 1.06 bits per heavy atom. The lowest BCUT2D eigenvalue weighted by Crippen LogP contribution is -2.23. The van der Waals surface area contributed by atoms with Crippen LogP contribution in [0.25, 0.3) is 5.69 Å². The highest BCUT2D eigenvalue weighted by Crippen LogP contribution is 2.28. The molecule has 1 aliphatic carbocycles. The molecule has 0 fully saturated rings. The maximum Gasteiger partial charge on any atom is 0.229 e. The van der Waals surface area contributed by atoms with Gasteiger partial charge in [0.1, 0.15) is 12.3 Å². The van der Waals surface area contributed by atoms with Crippen molar-refractivity contribution in [3.05, 3.63) is 100 Å². The number of fused-ring (bicyclic) bond motifs is 1. The first kappa shape index (κ1) is 20.8. The first-order chi connectivity index (χ1) is 14.9. The van der Waals surface area contributed by atoms with Crippen molar-refractivity contribution in [1.29, 1.82) is 0 Å². The number of rotatable bonds is 6. The van der Waals surface area contributed by atoms with E-state index in [2.05, 4.69) is 10.3 Å². The Balaban J connectivity index is 1.63. The average molecular weight is 434 g/mol. The van der Waals surface area contributed by atoms with Gasteiger partial charge in [-0.05, 0) is 24.1 Å². The molecular formula is C24H20ClN3O3. The largest absolute Gasteiger partial charge is 0.482 e. The molecule has 7 heteroatoms. The molecule has 1 heterocycles. The second-order valence-corrected chi connectivity index (χ2v) is 7.91. The molecule has 0 N–H and O–H groups in total. The van der Waals surface area contributed by atoms with Crippen LogP contribution in [-0.4, -0.2) is 26.6 Å². The molecule has 6 nitrogen and oxygen atoms in total. The Kier molecular flexibility index (Phi) is 5.82. The number of nitrogens with zero attached hydrogens (tertiary/aromatic N) is 3. The van der Waals surface area contributed by atoms with E-state index in [4.69, 9.17) is 16.3 Å². The molecule has 156 valence electrons. The number of ether oxygens (including phenoxy) is 1. The molecule has 0 amide bonds. The number of Topliss-reactive ketones (excluding diaryl/α,β-unsaturated/α-hetero) is 2. The highest BCUT2D eigenvalue weighted by molar-refractivity contribution is 6.30. The first-order valence-electron chi connectivity index (χ1n) is 9.85. The lowest BCUT2D eigenvalue weighted by Gasteiger charge is -2.19. The number of benzene rings is 2. The van der Waals surface area contributed by atoms with Crippen LogP contribution >= 0.6 is 11.6 Å². The summed E-state index contributed by atoms with van der Waals surface area (Å²) in [6.45, 7) is 3.99. The first-order valence-corrected chi connectivity index (χ1v) is 10.2. The van der Waals surface area contributed by atoms with E-state index in [-0.39, 0.29) is 35.4 Å². The van der Waals surface area contributed by atoms with Gasteiger partial charge in [-0.3, -0.25) is 9.59 Å². The number of hydrogen-bond donors (Lipinski definition) is 0. The zero-order valence-corrected chi connectivity index (χ0v) is 17.8. The molecule has 31 heavy (non-hydrogen) atoms. The normalized spacial score (nSPS) is 13.9. The predicted molar refractivity (Wildman–Crippen MR) is 117 cm³/mol. The number of hydrogen-bond acceptors (Lipinski definition) is 5. The van der Waals surface area contributed by atoms with Crippen LogP contribution in [0.2, 0.25) is 5.02 Å². The summed E-state index contributed by atoms with van der Waals surface area (Å²) in [5, 5.41) is 8.77. The van der Waals surface area contributed by atoms with Crippen molar-refractivity contribution in [1.82, 2.24) is 15.0 Å². The molecule has 0 radical (unpaired) electrons. The number of allylic oxidation sites excluding steroid dienone is 4. The lowest BCUT2D eigenvalue weighted by molar-refractivity contribution is 0.0859. The van der Waals surface area contributed by atoms with Crippen molar-refractivity contribution in [2.75, 3.05) is 0 Å². The van der Waals surface area contributed by atoms with Crippen LogP contribution in [0.15, 0.2) is 78.2 Å². The second kappa shape index (κ2) is 8.70. The zero-order chi connectivity index (χ0) is 22.0. The molecule has 4 rings (SSSR count). The summed E-state index contributed by atoms with van der Waals surface area (Å²) in [5.41, 5.74) is 2.24. The van der Waals surface area contributed by atoms with E-state index < -0.39 is 0 Å². The van der Waals surface area contributed by atoms with Gasteiger partial charge in [-0.2, -0.15) is 0 Å². The monoisotopic (exact) mass is 433 g/mol. The molecule has 0 saturated heterocycles. The van der Waals surface area contributed by atoms with E-state index in [0.29, 0.717) is 21.8 Å². The Morgan fingerprint density at radius 3 is 2.52 bits per heavy atom. The van der Waals surface area contributed by atoms with Crippen LogP contribution in [0.1, 0.15) is 40.3 Å². The number of ketones is 2. The number of carbonyl (C=O) groups is 2. The molecule has 0 atom stereocenters. The topological polar surface area (TPSA) is 74.1 Å². The van der Waals surface area contributed by atoms with Crippen molar-refractivity contribution in [2.45, 2.75) is 20.5 Å². The highest BCUT2D eigenvalue weighted by Gasteiger charge is 2.32. The quantitative estimate of drug-likeness (QED) is 0.548. The molecule has 1 aromatic heterocycles. The van der Waals surface area contributed by atoms with E-state index in [1.165, 1.54) is 0 Å². The third kappa shape index (κ3) is 4.34. The minimum absolute atomic E-state index is 0.00386.